The number of rotatable bonds is 4. The number of amides is 1. The summed E-state index contributed by atoms with van der Waals surface area (Å²) in [6, 6.07) is 6.42. The molecule has 19 heavy (non-hydrogen) atoms. The third-order valence-corrected chi connectivity index (χ3v) is 3.35. The maximum Gasteiger partial charge on any atom is 0.300 e. The lowest BCUT2D eigenvalue weighted by molar-refractivity contribution is 0.0924. The predicted molar refractivity (Wildman–Crippen MR) is 66.3 cm³/mol. The normalized spacial score (nSPS) is 10.5. The van der Waals surface area contributed by atoms with Gasteiger partial charge in [-0.15, -0.1) is 11.8 Å². The number of carbonyl (C=O) groups excluding carboxylic acids is 1. The Hall–Kier alpha value is -1.86. The quantitative estimate of drug-likeness (QED) is 0.392. The zero-order valence-electron chi connectivity index (χ0n) is 9.65. The van der Waals surface area contributed by atoms with Crippen molar-refractivity contribution in [2.24, 2.45) is 5.84 Å². The van der Waals surface area contributed by atoms with E-state index in [1.54, 1.807) is 6.07 Å². The van der Waals surface area contributed by atoms with E-state index in [1.165, 1.54) is 18.2 Å². The minimum atomic E-state index is -0.628. The lowest BCUT2D eigenvalue weighted by Crippen LogP contribution is -2.29. The van der Waals surface area contributed by atoms with E-state index in [4.69, 9.17) is 10.3 Å². The van der Waals surface area contributed by atoms with Crippen LogP contribution < -0.4 is 11.3 Å². The summed E-state index contributed by atoms with van der Waals surface area (Å²) in [4.78, 5) is 11.5. The Labute approximate surface area is 111 Å². The second kappa shape index (κ2) is 5.85. The summed E-state index contributed by atoms with van der Waals surface area (Å²) in [6.07, 6.45) is 0. The molecular formula is C12H10F2N2O2S. The molecule has 0 saturated carbocycles. The van der Waals surface area contributed by atoms with Crippen molar-refractivity contribution in [2.75, 3.05) is 0 Å². The molecule has 0 aliphatic rings. The number of nitrogens with two attached hydrogens (primary N) is 1. The fourth-order valence-corrected chi connectivity index (χ4v) is 2.20. The summed E-state index contributed by atoms with van der Waals surface area (Å²) in [7, 11) is 0. The van der Waals surface area contributed by atoms with Crippen LogP contribution in [-0.2, 0) is 5.75 Å². The van der Waals surface area contributed by atoms with Gasteiger partial charge in [0.15, 0.2) is 5.76 Å². The SMILES string of the molecule is NNC(=O)c1ccc(CSc2ccc(F)cc2F)o1. The van der Waals surface area contributed by atoms with E-state index < -0.39 is 17.5 Å². The van der Waals surface area contributed by atoms with Gasteiger partial charge in [0.05, 0.1) is 5.75 Å². The molecule has 0 unspecified atom stereocenters. The highest BCUT2D eigenvalue weighted by atomic mass is 32.2. The maximum absolute atomic E-state index is 13.4. The third-order valence-electron chi connectivity index (χ3n) is 2.28. The number of hydrogen-bond donors (Lipinski definition) is 2. The molecule has 0 bridgehead atoms. The molecule has 0 aliphatic heterocycles. The number of thioether (sulfide) groups is 1. The first-order chi connectivity index (χ1) is 9.10. The Kier molecular flexibility index (Phi) is 4.18. The van der Waals surface area contributed by atoms with E-state index in [0.717, 1.165) is 17.8 Å². The molecule has 0 radical (unpaired) electrons. The van der Waals surface area contributed by atoms with E-state index in [-0.39, 0.29) is 5.76 Å². The molecule has 1 heterocycles. The Balaban J connectivity index is 2.02. The monoisotopic (exact) mass is 284 g/mol. The van der Waals surface area contributed by atoms with Gasteiger partial charge < -0.3 is 4.42 Å². The van der Waals surface area contributed by atoms with E-state index in [9.17, 15) is 13.6 Å². The highest BCUT2D eigenvalue weighted by Crippen LogP contribution is 2.26. The summed E-state index contributed by atoms with van der Waals surface area (Å²) < 4.78 is 31.3. The van der Waals surface area contributed by atoms with Crippen LogP contribution in [0.1, 0.15) is 16.3 Å². The summed E-state index contributed by atoms with van der Waals surface area (Å²) in [5, 5.41) is 0. The van der Waals surface area contributed by atoms with Gasteiger partial charge in [0, 0.05) is 11.0 Å². The number of nitrogen functional groups attached to an aromatic ring is 1. The summed E-state index contributed by atoms with van der Waals surface area (Å²) in [5.74, 6) is 4.07. The van der Waals surface area contributed by atoms with Gasteiger partial charge in [0.1, 0.15) is 17.4 Å². The third kappa shape index (κ3) is 3.33. The minimum absolute atomic E-state index is 0.0812. The van der Waals surface area contributed by atoms with E-state index in [1.807, 2.05) is 5.43 Å². The molecule has 0 fully saturated rings. The summed E-state index contributed by atoms with van der Waals surface area (Å²) >= 11 is 1.14. The van der Waals surface area contributed by atoms with Crippen LogP contribution in [0.5, 0.6) is 0 Å². The van der Waals surface area contributed by atoms with Gasteiger partial charge in [0.25, 0.3) is 0 Å². The zero-order valence-corrected chi connectivity index (χ0v) is 10.5. The fraction of sp³-hybridized carbons (Fsp3) is 0.0833. The Morgan fingerprint density at radius 2 is 2.11 bits per heavy atom. The zero-order chi connectivity index (χ0) is 13.8. The molecule has 2 rings (SSSR count). The highest BCUT2D eigenvalue weighted by molar-refractivity contribution is 7.98. The van der Waals surface area contributed by atoms with E-state index in [0.29, 0.717) is 16.4 Å². The average molecular weight is 284 g/mol. The molecule has 2 aromatic rings. The number of hydrazine groups is 1. The first kappa shape index (κ1) is 13.6. The van der Waals surface area contributed by atoms with Crippen LogP contribution >= 0.6 is 11.8 Å². The van der Waals surface area contributed by atoms with E-state index in [2.05, 4.69) is 0 Å². The second-order valence-corrected chi connectivity index (χ2v) is 4.62. The molecule has 0 spiro atoms. The van der Waals surface area contributed by atoms with Crippen molar-refractivity contribution in [3.05, 3.63) is 53.5 Å². The molecule has 1 amide bonds. The molecule has 7 heteroatoms. The van der Waals surface area contributed by atoms with Gasteiger partial charge >= 0.3 is 5.91 Å². The van der Waals surface area contributed by atoms with Gasteiger partial charge in [-0.05, 0) is 24.3 Å². The molecular weight excluding hydrogens is 274 g/mol. The fourth-order valence-electron chi connectivity index (χ4n) is 1.39. The average Bonchev–Trinajstić information content (AvgIpc) is 2.85. The number of nitrogens with one attached hydrogen (secondary N) is 1. The molecule has 0 atom stereocenters. The van der Waals surface area contributed by atoms with Gasteiger partial charge in [-0.25, -0.2) is 14.6 Å². The van der Waals surface area contributed by atoms with Crippen molar-refractivity contribution < 1.29 is 18.0 Å². The Bertz CT molecular complexity index is 601. The molecule has 4 nitrogen and oxygen atoms in total. The number of carbonyl (C=O) groups is 1. The summed E-state index contributed by atoms with van der Waals surface area (Å²) in [5.41, 5.74) is 1.94. The van der Waals surface area contributed by atoms with Crippen LogP contribution in [0.4, 0.5) is 8.78 Å². The molecule has 100 valence electrons. The Morgan fingerprint density at radius 1 is 1.32 bits per heavy atom. The second-order valence-electron chi connectivity index (χ2n) is 3.60. The minimum Gasteiger partial charge on any atom is -0.455 e. The van der Waals surface area contributed by atoms with Crippen LogP contribution in [-0.4, -0.2) is 5.91 Å². The molecule has 0 aliphatic carbocycles. The van der Waals surface area contributed by atoms with Crippen LogP contribution in [0.2, 0.25) is 0 Å². The smallest absolute Gasteiger partial charge is 0.300 e. The topological polar surface area (TPSA) is 68.3 Å². The predicted octanol–water partition coefficient (Wildman–Crippen LogP) is 2.45. The van der Waals surface area contributed by atoms with Gasteiger partial charge in [0.2, 0.25) is 0 Å². The molecule has 0 saturated heterocycles. The highest BCUT2D eigenvalue weighted by Gasteiger charge is 2.11. The summed E-state index contributed by atoms with van der Waals surface area (Å²) in [6.45, 7) is 0. The number of halogens is 2. The van der Waals surface area contributed by atoms with Crippen LogP contribution in [0.25, 0.3) is 0 Å². The van der Waals surface area contributed by atoms with Crippen LogP contribution in [0, 0.1) is 11.6 Å². The lowest BCUT2D eigenvalue weighted by atomic mass is 10.3. The van der Waals surface area contributed by atoms with Crippen molar-refractivity contribution in [3.8, 4) is 0 Å². The van der Waals surface area contributed by atoms with Crippen LogP contribution in [0.15, 0.2) is 39.6 Å². The maximum atomic E-state index is 13.4. The number of hydrogen-bond acceptors (Lipinski definition) is 4. The van der Waals surface area contributed by atoms with Gasteiger partial charge in [-0.1, -0.05) is 0 Å². The van der Waals surface area contributed by atoms with Crippen molar-refractivity contribution in [1.82, 2.24) is 5.43 Å². The first-order valence-corrected chi connectivity index (χ1v) is 6.26. The number of furan rings is 1. The molecule has 1 aromatic heterocycles. The van der Waals surface area contributed by atoms with Crippen molar-refractivity contribution in [2.45, 2.75) is 10.6 Å². The van der Waals surface area contributed by atoms with Gasteiger partial charge in [-0.3, -0.25) is 10.2 Å². The lowest BCUT2D eigenvalue weighted by Gasteiger charge is -2.01. The Morgan fingerprint density at radius 3 is 2.79 bits per heavy atom. The van der Waals surface area contributed by atoms with Gasteiger partial charge in [-0.2, -0.15) is 0 Å². The number of benzene rings is 1. The van der Waals surface area contributed by atoms with Crippen LogP contribution in [0.3, 0.4) is 0 Å². The molecule has 3 N–H and O–H groups in total. The largest absolute Gasteiger partial charge is 0.455 e. The van der Waals surface area contributed by atoms with Crippen molar-refractivity contribution in [3.63, 3.8) is 0 Å². The standard InChI is InChI=1S/C12H10F2N2O2S/c13-7-1-4-11(9(14)5-7)19-6-8-2-3-10(18-8)12(17)16-15/h1-5H,6,15H2,(H,16,17). The van der Waals surface area contributed by atoms with Crippen molar-refractivity contribution in [1.29, 1.82) is 0 Å². The van der Waals surface area contributed by atoms with Crippen molar-refractivity contribution >= 4 is 17.7 Å². The molecule has 1 aromatic carbocycles. The first-order valence-electron chi connectivity index (χ1n) is 5.27. The van der Waals surface area contributed by atoms with E-state index >= 15 is 0 Å².